The predicted molar refractivity (Wildman–Crippen MR) is 257 cm³/mol. The molecule has 4 rings (SSSR count). The van der Waals surface area contributed by atoms with Crippen LogP contribution in [0.3, 0.4) is 0 Å². The average molecular weight is 1030 g/mol. The van der Waals surface area contributed by atoms with Crippen LogP contribution in [0.15, 0.2) is 22.2 Å². The van der Waals surface area contributed by atoms with Crippen LogP contribution < -0.4 is 42.9 Å². The predicted octanol–water partition coefficient (Wildman–Crippen LogP) is 1.46. The van der Waals surface area contributed by atoms with Gasteiger partial charge in [0.25, 0.3) is 11.1 Å². The number of nitrogens with zero attached hydrogens (tertiary/aromatic N) is 6. The third-order valence-electron chi connectivity index (χ3n) is 9.57. The van der Waals surface area contributed by atoms with Crippen molar-refractivity contribution in [3.05, 3.63) is 33.4 Å². The van der Waals surface area contributed by atoms with E-state index < -0.39 is 74.0 Å². The number of fused-ring (bicyclic) bond motifs is 2. The molecule has 0 bridgehead atoms. The lowest BCUT2D eigenvalue weighted by Crippen LogP contribution is -2.43. The van der Waals surface area contributed by atoms with E-state index in [-0.39, 0.29) is 99.7 Å². The zero-order valence-corrected chi connectivity index (χ0v) is 42.6. The summed E-state index contributed by atoms with van der Waals surface area (Å²) in [7, 11) is -7.22. The average Bonchev–Trinajstić information content (AvgIpc) is 3.91. The van der Waals surface area contributed by atoms with Crippen LogP contribution in [-0.4, -0.2) is 139 Å². The number of carbonyl (C=O) groups is 4. The lowest BCUT2D eigenvalue weighted by atomic mass is 10.3. The van der Waals surface area contributed by atoms with Gasteiger partial charge in [0, 0.05) is 13.1 Å². The largest absolute Gasteiger partial charge is 0.465 e. The SMILES string of the molecule is CCCCOC(=O)[C@H](C)NP(=O)(COCCn1cnc2c(=O)[nH]c(N)nc21)N[C@@H](C)C(=O)OCCCC.CCOC(=O)[C@H](C)NP(=O)(COCCn1cnc2c(=O)[nH]c(N)nc21)N[C@@H](C)C(=O)OCC. The van der Waals surface area contributed by atoms with Crippen LogP contribution in [0.2, 0.25) is 0 Å². The number of anilines is 2. The number of aromatic amines is 2. The van der Waals surface area contributed by atoms with Crippen molar-refractivity contribution >= 4 is 73.0 Å². The summed E-state index contributed by atoms with van der Waals surface area (Å²) in [4.78, 5) is 93.4. The summed E-state index contributed by atoms with van der Waals surface area (Å²) in [5.74, 6) is -2.41. The summed E-state index contributed by atoms with van der Waals surface area (Å²) in [5.41, 5.74) is 11.1. The summed E-state index contributed by atoms with van der Waals surface area (Å²) in [6, 6.07) is -3.67. The quantitative estimate of drug-likeness (QED) is 0.0159. The molecule has 0 unspecified atom stereocenters. The van der Waals surface area contributed by atoms with Gasteiger partial charge in [-0.25, -0.2) is 30.3 Å². The molecule has 0 aliphatic rings. The third kappa shape index (κ3) is 18.6. The van der Waals surface area contributed by atoms with Crippen LogP contribution in [0, 0.1) is 0 Å². The molecule has 392 valence electrons. The number of unbranched alkanes of at least 4 members (excludes halogenated alkanes) is 2. The first-order chi connectivity index (χ1) is 33.2. The van der Waals surface area contributed by atoms with Crippen molar-refractivity contribution in [2.24, 2.45) is 0 Å². The minimum Gasteiger partial charge on any atom is -0.465 e. The second-order valence-corrected chi connectivity index (χ2v) is 20.1. The second kappa shape index (κ2) is 28.9. The van der Waals surface area contributed by atoms with E-state index in [9.17, 15) is 37.9 Å². The minimum atomic E-state index is -3.63. The van der Waals surface area contributed by atoms with E-state index in [1.165, 1.54) is 40.3 Å². The first-order valence-electron chi connectivity index (χ1n) is 22.7. The van der Waals surface area contributed by atoms with E-state index in [1.807, 2.05) is 13.8 Å². The molecule has 0 saturated heterocycles. The summed E-state index contributed by atoms with van der Waals surface area (Å²) >= 11 is 0. The molecule has 0 amide bonds. The Bertz CT molecular complexity index is 2490. The van der Waals surface area contributed by atoms with Crippen LogP contribution in [0.5, 0.6) is 0 Å². The zero-order valence-electron chi connectivity index (χ0n) is 40.8. The number of H-pyrrole nitrogens is 2. The van der Waals surface area contributed by atoms with Gasteiger partial charge in [0.15, 0.2) is 22.3 Å². The Morgan fingerprint density at radius 3 is 1.23 bits per heavy atom. The molecular formula is C40H68N14O14P2. The van der Waals surface area contributed by atoms with Gasteiger partial charge in [-0.1, -0.05) is 26.7 Å². The minimum absolute atomic E-state index is 0.0438. The monoisotopic (exact) mass is 1030 g/mol. The molecule has 0 spiro atoms. The molecule has 0 aliphatic carbocycles. The summed E-state index contributed by atoms with van der Waals surface area (Å²) < 4.78 is 61.8. The van der Waals surface area contributed by atoms with Gasteiger partial charge in [-0.15, -0.1) is 0 Å². The van der Waals surface area contributed by atoms with Crippen molar-refractivity contribution in [3.8, 4) is 0 Å². The Labute approximate surface area is 403 Å². The zero-order chi connectivity index (χ0) is 52.0. The molecule has 0 radical (unpaired) electrons. The normalized spacial score (nSPS) is 13.5. The number of carbonyl (C=O) groups excluding carboxylic acids is 4. The second-order valence-electron chi connectivity index (χ2n) is 15.6. The van der Waals surface area contributed by atoms with Crippen LogP contribution in [0.1, 0.15) is 81.1 Å². The van der Waals surface area contributed by atoms with Gasteiger partial charge < -0.3 is 49.0 Å². The molecule has 0 fully saturated rings. The maximum Gasteiger partial charge on any atom is 0.323 e. The molecule has 0 aromatic carbocycles. The molecule has 70 heavy (non-hydrogen) atoms. The highest BCUT2D eigenvalue weighted by Gasteiger charge is 2.34. The highest BCUT2D eigenvalue weighted by molar-refractivity contribution is 7.60. The lowest BCUT2D eigenvalue weighted by molar-refractivity contribution is -0.146. The Morgan fingerprint density at radius 1 is 0.586 bits per heavy atom. The number of rotatable bonds is 30. The van der Waals surface area contributed by atoms with E-state index in [4.69, 9.17) is 39.9 Å². The smallest absolute Gasteiger partial charge is 0.323 e. The van der Waals surface area contributed by atoms with Crippen LogP contribution in [0.25, 0.3) is 22.3 Å². The van der Waals surface area contributed by atoms with Crippen molar-refractivity contribution in [1.29, 1.82) is 0 Å². The fraction of sp³-hybridized carbons (Fsp3) is 0.650. The van der Waals surface area contributed by atoms with Gasteiger partial charge >= 0.3 is 23.9 Å². The number of imidazole rings is 2. The Balaban J connectivity index is 0.000000373. The van der Waals surface area contributed by atoms with Crippen molar-refractivity contribution in [2.75, 3.05) is 63.8 Å². The standard InChI is InChI=1S/C22H38N7O7P.C18H30N7O7P/c1-5-7-10-35-20(31)15(3)27-37(33,28-16(4)21(32)36-11-8-6-2)14-34-12-9-29-13-24-17-18(29)25-22(23)26-19(17)30;1-5-31-16(27)11(3)23-33(29,24-12(4)17(28)32-6-2)10-30-8-7-25-9-20-13-14(25)21-18(19)22-15(13)26/h13,15-16H,5-12,14H2,1-4H3,(H2,27,28,33)(H3,23,25,26,30);9,11-12H,5-8,10H2,1-4H3,(H2,23,24,29)(H3,19,21,22,26)/t15-,16-;11-,12-/m00/s1. The lowest BCUT2D eigenvalue weighted by Gasteiger charge is -2.26. The topological polar surface area (TPSA) is 385 Å². The van der Waals surface area contributed by atoms with E-state index in [1.54, 1.807) is 23.0 Å². The molecule has 0 saturated carbocycles. The maximum absolute atomic E-state index is 13.7. The Kier molecular flexibility index (Phi) is 24.3. The van der Waals surface area contributed by atoms with E-state index in [0.29, 0.717) is 12.8 Å². The molecule has 4 aromatic rings. The van der Waals surface area contributed by atoms with Crippen molar-refractivity contribution in [3.63, 3.8) is 0 Å². The number of hydrogen-bond donors (Lipinski definition) is 8. The van der Waals surface area contributed by atoms with E-state index in [0.717, 1.165) is 12.8 Å². The number of ether oxygens (including phenoxy) is 6. The molecule has 10 N–H and O–H groups in total. The first-order valence-corrected chi connectivity index (χ1v) is 26.5. The van der Waals surface area contributed by atoms with Gasteiger partial charge in [-0.05, 0) is 54.4 Å². The molecule has 4 atom stereocenters. The van der Waals surface area contributed by atoms with E-state index >= 15 is 0 Å². The van der Waals surface area contributed by atoms with Gasteiger partial charge in [0.2, 0.25) is 26.8 Å². The third-order valence-corrected chi connectivity index (χ3v) is 13.9. The maximum atomic E-state index is 13.7. The summed E-state index contributed by atoms with van der Waals surface area (Å²) in [5, 5.41) is 10.9. The number of hydrogen-bond acceptors (Lipinski definition) is 20. The summed E-state index contributed by atoms with van der Waals surface area (Å²) in [6.45, 7) is 14.7. The Morgan fingerprint density at radius 2 is 0.914 bits per heavy atom. The van der Waals surface area contributed by atoms with E-state index in [2.05, 4.69) is 50.3 Å². The molecule has 0 aliphatic heterocycles. The Hall–Kier alpha value is -5.60. The van der Waals surface area contributed by atoms with Gasteiger partial charge in [0.1, 0.15) is 36.9 Å². The molecular weight excluding hydrogens is 962 g/mol. The first kappa shape index (κ1) is 58.7. The van der Waals surface area contributed by atoms with Crippen molar-refractivity contribution < 1.29 is 56.7 Å². The van der Waals surface area contributed by atoms with Crippen LogP contribution >= 0.6 is 14.9 Å². The van der Waals surface area contributed by atoms with Gasteiger partial charge in [-0.2, -0.15) is 9.97 Å². The fourth-order valence-corrected chi connectivity index (χ4v) is 10.2. The molecule has 30 heteroatoms. The van der Waals surface area contributed by atoms with Crippen molar-refractivity contribution in [2.45, 2.75) is 118 Å². The van der Waals surface area contributed by atoms with Gasteiger partial charge in [-0.3, -0.25) is 47.9 Å². The molecule has 28 nitrogen and oxygen atoms in total. The van der Waals surface area contributed by atoms with Crippen LogP contribution in [0.4, 0.5) is 11.9 Å². The molecule has 4 heterocycles. The fourth-order valence-electron chi connectivity index (χ4n) is 6.09. The number of aromatic nitrogens is 8. The highest BCUT2D eigenvalue weighted by atomic mass is 31.2. The highest BCUT2D eigenvalue weighted by Crippen LogP contribution is 2.39. The number of nitrogen functional groups attached to an aromatic ring is 2. The van der Waals surface area contributed by atoms with Gasteiger partial charge in [0.05, 0.1) is 52.3 Å². The molecule has 4 aromatic heterocycles. The number of nitrogens with two attached hydrogens (primary N) is 2. The van der Waals surface area contributed by atoms with Crippen LogP contribution in [-0.2, 0) is 69.8 Å². The summed E-state index contributed by atoms with van der Waals surface area (Å²) in [6.07, 6.45) is 5.32. The number of nitrogens with one attached hydrogen (secondary N) is 6. The van der Waals surface area contributed by atoms with Crippen molar-refractivity contribution in [1.82, 2.24) is 59.4 Å². The number of esters is 4.